The molecule has 0 radical (unpaired) electrons. The molecule has 1 saturated heterocycles. The highest BCUT2D eigenvalue weighted by Crippen LogP contribution is 2.29. The van der Waals surface area contributed by atoms with Crippen LogP contribution < -0.4 is 20.1 Å². The minimum Gasteiger partial charge on any atom is -0.497 e. The maximum atomic E-state index is 13.1. The van der Waals surface area contributed by atoms with Crippen LogP contribution in [-0.4, -0.2) is 72.1 Å². The van der Waals surface area contributed by atoms with Crippen LogP contribution in [0.5, 0.6) is 11.5 Å². The fourth-order valence-electron chi connectivity index (χ4n) is 4.94. The summed E-state index contributed by atoms with van der Waals surface area (Å²) < 4.78 is 10.6. The number of anilines is 1. The Labute approximate surface area is 239 Å². The molecule has 3 heterocycles. The Morgan fingerprint density at radius 1 is 0.878 bits per heavy atom. The SMILES string of the molecule is COc1ccc(-c2nc(-c3ccc(OC)cc3)c(CCCC(=O)N3CCN(c4ccc(C(N)=O)cn4)CC3)[nH]2)cc1. The Hall–Kier alpha value is -4.86. The maximum Gasteiger partial charge on any atom is 0.250 e. The van der Waals surface area contributed by atoms with Gasteiger partial charge in [-0.2, -0.15) is 0 Å². The molecule has 1 aliphatic rings. The molecule has 1 aliphatic heterocycles. The number of amides is 2. The predicted molar refractivity (Wildman–Crippen MR) is 157 cm³/mol. The number of carbonyl (C=O) groups is 2. The highest BCUT2D eigenvalue weighted by atomic mass is 16.5. The number of piperazine rings is 1. The molecule has 10 heteroatoms. The van der Waals surface area contributed by atoms with Gasteiger partial charge in [-0.1, -0.05) is 0 Å². The second kappa shape index (κ2) is 12.5. The van der Waals surface area contributed by atoms with Crippen molar-refractivity contribution in [2.75, 3.05) is 45.3 Å². The van der Waals surface area contributed by atoms with Crippen LogP contribution in [0.2, 0.25) is 0 Å². The van der Waals surface area contributed by atoms with E-state index in [2.05, 4.69) is 14.9 Å². The number of carbonyl (C=O) groups excluding carboxylic acids is 2. The average Bonchev–Trinajstić information content (AvgIpc) is 3.45. The Balaban J connectivity index is 1.22. The van der Waals surface area contributed by atoms with Crippen LogP contribution in [0.25, 0.3) is 22.6 Å². The van der Waals surface area contributed by atoms with Crippen LogP contribution in [0.1, 0.15) is 28.9 Å². The van der Waals surface area contributed by atoms with E-state index in [0.29, 0.717) is 51.0 Å². The molecule has 0 spiro atoms. The van der Waals surface area contributed by atoms with E-state index in [1.54, 1.807) is 26.4 Å². The Bertz CT molecular complexity index is 1470. The number of methoxy groups -OCH3 is 2. The van der Waals surface area contributed by atoms with Crippen molar-refractivity contribution in [1.82, 2.24) is 19.9 Å². The van der Waals surface area contributed by atoms with Gasteiger partial charge in [-0.15, -0.1) is 0 Å². The number of aryl methyl sites for hydroxylation is 1. The van der Waals surface area contributed by atoms with Gasteiger partial charge in [0.1, 0.15) is 23.1 Å². The zero-order valence-corrected chi connectivity index (χ0v) is 23.3. The summed E-state index contributed by atoms with van der Waals surface area (Å²) in [6.45, 7) is 2.62. The van der Waals surface area contributed by atoms with E-state index in [0.717, 1.165) is 45.7 Å². The minimum atomic E-state index is -0.498. The number of aromatic nitrogens is 3. The van der Waals surface area contributed by atoms with Crippen LogP contribution in [0.3, 0.4) is 0 Å². The first-order valence-corrected chi connectivity index (χ1v) is 13.6. The molecule has 41 heavy (non-hydrogen) atoms. The van der Waals surface area contributed by atoms with Gasteiger partial charge in [-0.25, -0.2) is 9.97 Å². The Kier molecular flexibility index (Phi) is 8.47. The summed E-state index contributed by atoms with van der Waals surface area (Å²) in [4.78, 5) is 41.2. The van der Waals surface area contributed by atoms with Gasteiger partial charge in [-0.3, -0.25) is 9.59 Å². The average molecular weight is 555 g/mol. The van der Waals surface area contributed by atoms with Gasteiger partial charge in [0.2, 0.25) is 11.8 Å². The predicted octanol–water partition coefficient (Wildman–Crippen LogP) is 3.93. The number of imidazole rings is 1. The third kappa shape index (κ3) is 6.49. The van der Waals surface area contributed by atoms with E-state index in [4.69, 9.17) is 20.2 Å². The topological polar surface area (TPSA) is 127 Å². The largest absolute Gasteiger partial charge is 0.497 e. The summed E-state index contributed by atoms with van der Waals surface area (Å²) in [5.41, 5.74) is 9.49. The van der Waals surface area contributed by atoms with Gasteiger partial charge in [0.25, 0.3) is 0 Å². The summed E-state index contributed by atoms with van der Waals surface area (Å²) >= 11 is 0. The fraction of sp³-hybridized carbons (Fsp3) is 0.290. The van der Waals surface area contributed by atoms with Crippen LogP contribution in [0, 0.1) is 0 Å². The lowest BCUT2D eigenvalue weighted by Crippen LogP contribution is -2.49. The highest BCUT2D eigenvalue weighted by molar-refractivity contribution is 5.92. The molecule has 2 aromatic heterocycles. The van der Waals surface area contributed by atoms with Gasteiger partial charge < -0.3 is 30.0 Å². The number of H-pyrrole nitrogens is 1. The van der Waals surface area contributed by atoms with E-state index in [1.807, 2.05) is 53.4 Å². The Morgan fingerprint density at radius 2 is 1.51 bits per heavy atom. The van der Waals surface area contributed by atoms with Gasteiger partial charge in [0.15, 0.2) is 0 Å². The number of pyridine rings is 1. The van der Waals surface area contributed by atoms with Crippen LogP contribution in [-0.2, 0) is 11.2 Å². The Morgan fingerprint density at radius 3 is 2.07 bits per heavy atom. The van der Waals surface area contributed by atoms with E-state index in [-0.39, 0.29) is 5.91 Å². The van der Waals surface area contributed by atoms with Crippen molar-refractivity contribution in [2.24, 2.45) is 5.73 Å². The number of benzene rings is 2. The molecule has 1 fully saturated rings. The van der Waals surface area contributed by atoms with E-state index < -0.39 is 5.91 Å². The van der Waals surface area contributed by atoms with E-state index in [9.17, 15) is 9.59 Å². The fourth-order valence-corrected chi connectivity index (χ4v) is 4.94. The first-order valence-electron chi connectivity index (χ1n) is 13.6. The summed E-state index contributed by atoms with van der Waals surface area (Å²) in [6, 6.07) is 19.1. The van der Waals surface area contributed by atoms with Crippen LogP contribution >= 0.6 is 0 Å². The van der Waals surface area contributed by atoms with Gasteiger partial charge in [-0.05, 0) is 73.5 Å². The van der Waals surface area contributed by atoms with Crippen molar-refractivity contribution >= 4 is 17.6 Å². The van der Waals surface area contributed by atoms with Crippen LogP contribution in [0.15, 0.2) is 66.9 Å². The molecular formula is C31H34N6O4. The number of ether oxygens (including phenoxy) is 2. The van der Waals surface area contributed by atoms with Gasteiger partial charge >= 0.3 is 0 Å². The highest BCUT2D eigenvalue weighted by Gasteiger charge is 2.22. The minimum absolute atomic E-state index is 0.141. The van der Waals surface area contributed by atoms with E-state index >= 15 is 0 Å². The molecule has 10 nitrogen and oxygen atoms in total. The van der Waals surface area contributed by atoms with Crippen molar-refractivity contribution in [3.8, 4) is 34.1 Å². The monoisotopic (exact) mass is 554 g/mol. The number of nitrogens with zero attached hydrogens (tertiary/aromatic N) is 4. The number of primary amides is 1. The first kappa shape index (κ1) is 27.7. The molecule has 0 aliphatic carbocycles. The standard InChI is InChI=1S/C31H34N6O4/c1-40-24-11-6-21(7-12-24)29-26(34-31(35-29)22-8-13-25(41-2)14-9-22)4-3-5-28(38)37-18-16-36(17-19-37)27-15-10-23(20-33-27)30(32)39/h6-15,20H,3-5,16-19H2,1-2H3,(H2,32,39)(H,34,35). The summed E-state index contributed by atoms with van der Waals surface area (Å²) in [5, 5.41) is 0. The molecular weight excluding hydrogens is 520 g/mol. The molecule has 2 amide bonds. The summed E-state index contributed by atoms with van der Waals surface area (Å²) in [5.74, 6) is 2.76. The maximum absolute atomic E-state index is 13.1. The molecule has 0 atom stereocenters. The van der Waals surface area contributed by atoms with Crippen LogP contribution in [0.4, 0.5) is 5.82 Å². The number of hydrogen-bond donors (Lipinski definition) is 2. The smallest absolute Gasteiger partial charge is 0.250 e. The van der Waals surface area contributed by atoms with Crippen molar-refractivity contribution in [3.63, 3.8) is 0 Å². The molecule has 0 saturated carbocycles. The third-order valence-corrected chi connectivity index (χ3v) is 7.31. The number of aromatic amines is 1. The van der Waals surface area contributed by atoms with Gasteiger partial charge in [0, 0.05) is 55.6 Å². The number of rotatable bonds is 10. The van der Waals surface area contributed by atoms with Crippen molar-refractivity contribution in [1.29, 1.82) is 0 Å². The second-order valence-corrected chi connectivity index (χ2v) is 9.86. The lowest BCUT2D eigenvalue weighted by Gasteiger charge is -2.35. The quantitative estimate of drug-likeness (QED) is 0.304. The third-order valence-electron chi connectivity index (χ3n) is 7.31. The van der Waals surface area contributed by atoms with Gasteiger partial charge in [0.05, 0.1) is 25.5 Å². The lowest BCUT2D eigenvalue weighted by molar-refractivity contribution is -0.131. The van der Waals surface area contributed by atoms with Crippen molar-refractivity contribution in [3.05, 3.63) is 78.1 Å². The number of hydrogen-bond acceptors (Lipinski definition) is 7. The number of nitrogens with two attached hydrogens (primary N) is 1. The molecule has 0 unspecified atom stereocenters. The van der Waals surface area contributed by atoms with Crippen molar-refractivity contribution in [2.45, 2.75) is 19.3 Å². The molecule has 4 aromatic rings. The summed E-state index contributed by atoms with van der Waals surface area (Å²) in [7, 11) is 3.29. The number of nitrogens with one attached hydrogen (secondary N) is 1. The zero-order valence-electron chi connectivity index (χ0n) is 23.3. The molecule has 0 bridgehead atoms. The van der Waals surface area contributed by atoms with Crippen molar-refractivity contribution < 1.29 is 19.1 Å². The lowest BCUT2D eigenvalue weighted by atomic mass is 10.1. The molecule has 3 N–H and O–H groups in total. The molecule has 212 valence electrons. The zero-order chi connectivity index (χ0) is 28.8. The molecule has 2 aromatic carbocycles. The second-order valence-electron chi connectivity index (χ2n) is 9.86. The summed E-state index contributed by atoms with van der Waals surface area (Å²) in [6.07, 6.45) is 3.32. The van der Waals surface area contributed by atoms with E-state index in [1.165, 1.54) is 6.20 Å². The first-order chi connectivity index (χ1) is 19.9. The molecule has 5 rings (SSSR count). The normalized spacial score (nSPS) is 13.2.